The maximum Gasteiger partial charge on any atom is 0.509 e. The summed E-state index contributed by atoms with van der Waals surface area (Å²) in [7, 11) is 5.18. The lowest BCUT2D eigenvalue weighted by Crippen LogP contribution is -2.60. The number of hydrogen-bond acceptors (Lipinski definition) is 16. The van der Waals surface area contributed by atoms with Crippen LogP contribution >= 0.6 is 0 Å². The molecule has 0 aromatic carbocycles. The highest BCUT2D eigenvalue weighted by atomic mass is 16.8. The Morgan fingerprint density at radius 3 is 2.07 bits per heavy atom. The summed E-state index contributed by atoms with van der Waals surface area (Å²) in [6.07, 6.45) is -11.1. The summed E-state index contributed by atoms with van der Waals surface area (Å²) >= 11 is 0. The van der Waals surface area contributed by atoms with Crippen LogP contribution in [0.1, 0.15) is 94.9 Å². The smallest absolute Gasteiger partial charge is 0.462 e. The van der Waals surface area contributed by atoms with Crippen LogP contribution in [0.4, 0.5) is 4.79 Å². The summed E-state index contributed by atoms with van der Waals surface area (Å²) in [6, 6.07) is -0.332. The van der Waals surface area contributed by atoms with Gasteiger partial charge in [0.25, 0.3) is 0 Å². The number of hydrogen-bond donors (Lipinski definition) is 3. The van der Waals surface area contributed by atoms with Crippen molar-refractivity contribution in [3.63, 3.8) is 0 Å². The molecular formula is C38H65NO15. The quantitative estimate of drug-likeness (QED) is 0.252. The SMILES string of the molecule is CC[C@@H]1OC(=O)[C@H](C)[C@@H](O[C@H]2C[C@@](C)(OC)[C@@H](O)[C@H](C)O2)[C@H](C)[C@H](O[C@@H]2O[C@H](C)C[C@H](N(C)C)[C@H]2O)[C@](C)(O)C[C@H](C)OC(=O)[C@@H](C)[C@H]2OC(=O)O[C@]12C. The van der Waals surface area contributed by atoms with Gasteiger partial charge in [0, 0.05) is 31.9 Å². The van der Waals surface area contributed by atoms with Crippen LogP contribution in [-0.2, 0) is 52.2 Å². The van der Waals surface area contributed by atoms with Gasteiger partial charge in [-0.3, -0.25) is 9.59 Å². The van der Waals surface area contributed by atoms with E-state index in [9.17, 15) is 29.7 Å². The molecule has 18 atom stereocenters. The van der Waals surface area contributed by atoms with Gasteiger partial charge in [0.05, 0.1) is 47.5 Å². The van der Waals surface area contributed by atoms with Gasteiger partial charge in [0.15, 0.2) is 24.3 Å². The van der Waals surface area contributed by atoms with Crippen LogP contribution in [-0.4, -0.2) is 150 Å². The van der Waals surface area contributed by atoms with Crippen molar-refractivity contribution in [2.45, 2.75) is 185 Å². The van der Waals surface area contributed by atoms with Crippen LogP contribution in [0.3, 0.4) is 0 Å². The number of cyclic esters (lactones) is 2. The number of aliphatic hydroxyl groups excluding tert-OH is 2. The fourth-order valence-corrected chi connectivity index (χ4v) is 8.76. The first-order valence-corrected chi connectivity index (χ1v) is 19.2. The second kappa shape index (κ2) is 17.1. The van der Waals surface area contributed by atoms with Crippen LogP contribution in [0.5, 0.6) is 0 Å². The molecule has 4 aliphatic rings. The lowest BCUT2D eigenvalue weighted by molar-refractivity contribution is -0.318. The van der Waals surface area contributed by atoms with E-state index in [-0.39, 0.29) is 31.4 Å². The van der Waals surface area contributed by atoms with Gasteiger partial charge in [-0.15, -0.1) is 0 Å². The first-order valence-electron chi connectivity index (χ1n) is 19.2. The lowest BCUT2D eigenvalue weighted by atomic mass is 9.79. The molecule has 0 amide bonds. The molecule has 4 aliphatic heterocycles. The highest BCUT2D eigenvalue weighted by molar-refractivity contribution is 5.76. The summed E-state index contributed by atoms with van der Waals surface area (Å²) in [4.78, 5) is 42.4. The second-order valence-corrected chi connectivity index (χ2v) is 16.8. The number of ether oxygens (including phenoxy) is 9. The van der Waals surface area contributed by atoms with Gasteiger partial charge >= 0.3 is 18.1 Å². The predicted octanol–water partition coefficient (Wildman–Crippen LogP) is 2.69. The molecule has 0 aromatic rings. The van der Waals surface area contributed by atoms with E-state index in [1.165, 1.54) is 21.0 Å². The number of carbonyl (C=O) groups is 3. The number of likely N-dealkylation sites (N-methyl/N-ethyl adjacent to an activating group) is 1. The molecule has 4 saturated heterocycles. The van der Waals surface area contributed by atoms with E-state index in [1.807, 2.05) is 25.9 Å². The molecule has 54 heavy (non-hydrogen) atoms. The number of methoxy groups -OCH3 is 1. The molecule has 16 heteroatoms. The molecule has 0 saturated carbocycles. The fraction of sp³-hybridized carbons (Fsp3) is 0.921. The van der Waals surface area contributed by atoms with Crippen molar-refractivity contribution in [3.05, 3.63) is 0 Å². The molecule has 3 N–H and O–H groups in total. The Balaban J connectivity index is 1.83. The van der Waals surface area contributed by atoms with Crippen molar-refractivity contribution in [1.29, 1.82) is 0 Å². The Morgan fingerprint density at radius 2 is 1.48 bits per heavy atom. The third-order valence-electron chi connectivity index (χ3n) is 12.0. The maximum atomic E-state index is 14.3. The molecule has 4 rings (SSSR count). The van der Waals surface area contributed by atoms with Crippen LogP contribution < -0.4 is 0 Å². The summed E-state index contributed by atoms with van der Waals surface area (Å²) in [6.45, 7) is 16.6. The van der Waals surface area contributed by atoms with Gasteiger partial charge in [-0.25, -0.2) is 4.79 Å². The highest BCUT2D eigenvalue weighted by Gasteiger charge is 2.59. The average molecular weight is 776 g/mol. The summed E-state index contributed by atoms with van der Waals surface area (Å²) in [5.41, 5.74) is -4.42. The Bertz CT molecular complexity index is 1320. The van der Waals surface area contributed by atoms with Crippen LogP contribution in [0.25, 0.3) is 0 Å². The molecule has 16 nitrogen and oxygen atoms in total. The Kier molecular flexibility index (Phi) is 14.1. The third kappa shape index (κ3) is 9.18. The highest BCUT2D eigenvalue weighted by Crippen LogP contribution is 2.42. The molecule has 0 aliphatic carbocycles. The Hall–Kier alpha value is -2.15. The van der Waals surface area contributed by atoms with Crippen molar-refractivity contribution < 1.29 is 72.3 Å². The van der Waals surface area contributed by atoms with E-state index < -0.39 is 114 Å². The first kappa shape index (κ1) is 44.6. The van der Waals surface area contributed by atoms with E-state index in [0.717, 1.165) is 0 Å². The first-order chi connectivity index (χ1) is 25.0. The Labute approximate surface area is 319 Å². The standard InChI is InChI=1S/C38H65NO15/c1-14-25-38(10)31(53-35(44)54-38)22(6)33(43)47-19(3)16-36(8,45)30(52-34-27(40)24(39(11)12)15-18(2)48-34)20(4)28(21(5)32(42)50-25)51-26-17-37(9,46-13)29(41)23(7)49-26/h18-31,34,40-41,45H,14-17H2,1-13H3/t18-,19+,20+,21-,22+,23+,24+,25+,26+,27-,28+,29+,30+,31-,34+,36-,37-,38-/m1/s1. The predicted molar refractivity (Wildman–Crippen MR) is 191 cm³/mol. The number of rotatable bonds is 7. The van der Waals surface area contributed by atoms with E-state index in [2.05, 4.69) is 0 Å². The van der Waals surface area contributed by atoms with Crippen molar-refractivity contribution in [2.75, 3.05) is 21.2 Å². The molecule has 0 aromatic heterocycles. The fourth-order valence-electron chi connectivity index (χ4n) is 8.76. The Morgan fingerprint density at radius 1 is 0.852 bits per heavy atom. The van der Waals surface area contributed by atoms with Gasteiger partial charge in [0.1, 0.15) is 24.4 Å². The number of fused-ring (bicyclic) bond motifs is 1. The minimum atomic E-state index is -1.80. The molecule has 0 spiro atoms. The molecule has 0 bridgehead atoms. The normalized spacial score (nSPS) is 48.5. The topological polar surface area (TPSA) is 198 Å². The minimum absolute atomic E-state index is 0.0872. The van der Waals surface area contributed by atoms with E-state index in [4.69, 9.17) is 42.6 Å². The molecule has 4 heterocycles. The van der Waals surface area contributed by atoms with Crippen LogP contribution in [0, 0.1) is 17.8 Å². The maximum absolute atomic E-state index is 14.3. The number of aliphatic hydroxyl groups is 3. The van der Waals surface area contributed by atoms with Crippen molar-refractivity contribution in [3.8, 4) is 0 Å². The second-order valence-electron chi connectivity index (χ2n) is 16.8. The van der Waals surface area contributed by atoms with Crippen molar-refractivity contribution >= 4 is 18.1 Å². The number of esters is 2. The van der Waals surface area contributed by atoms with Crippen LogP contribution in [0.2, 0.25) is 0 Å². The van der Waals surface area contributed by atoms with Gasteiger partial charge in [-0.05, 0) is 82.3 Å². The summed E-state index contributed by atoms with van der Waals surface area (Å²) in [5.74, 6) is -4.43. The van der Waals surface area contributed by atoms with E-state index >= 15 is 0 Å². The minimum Gasteiger partial charge on any atom is -0.462 e. The van der Waals surface area contributed by atoms with Gasteiger partial charge in [0.2, 0.25) is 0 Å². The van der Waals surface area contributed by atoms with E-state index in [1.54, 1.807) is 48.5 Å². The summed E-state index contributed by atoms with van der Waals surface area (Å²) < 4.78 is 54.4. The van der Waals surface area contributed by atoms with Crippen molar-refractivity contribution in [1.82, 2.24) is 4.90 Å². The van der Waals surface area contributed by atoms with Crippen molar-refractivity contribution in [2.24, 2.45) is 17.8 Å². The van der Waals surface area contributed by atoms with Gasteiger partial charge in [-0.1, -0.05) is 13.8 Å². The number of carbonyl (C=O) groups excluding carboxylic acids is 3. The zero-order valence-electron chi connectivity index (χ0n) is 34.2. The summed E-state index contributed by atoms with van der Waals surface area (Å²) in [5, 5.41) is 34.9. The molecule has 4 fully saturated rings. The van der Waals surface area contributed by atoms with Crippen LogP contribution in [0.15, 0.2) is 0 Å². The molecular weight excluding hydrogens is 710 g/mol. The molecule has 0 unspecified atom stereocenters. The molecule has 312 valence electrons. The number of nitrogens with zero attached hydrogens (tertiary/aromatic N) is 1. The third-order valence-corrected chi connectivity index (χ3v) is 12.0. The average Bonchev–Trinajstić information content (AvgIpc) is 3.40. The largest absolute Gasteiger partial charge is 0.509 e. The molecule has 0 radical (unpaired) electrons. The monoisotopic (exact) mass is 775 g/mol. The van der Waals surface area contributed by atoms with Gasteiger partial charge < -0.3 is 62.9 Å². The zero-order valence-corrected chi connectivity index (χ0v) is 34.2. The van der Waals surface area contributed by atoms with E-state index in [0.29, 0.717) is 6.42 Å². The lowest BCUT2D eigenvalue weighted by Gasteiger charge is -2.48. The zero-order chi connectivity index (χ0) is 40.7. The van der Waals surface area contributed by atoms with Gasteiger partial charge in [-0.2, -0.15) is 0 Å².